The van der Waals surface area contributed by atoms with Gasteiger partial charge in [0, 0.05) is 42.0 Å². The Labute approximate surface area is 244 Å². The van der Waals surface area contributed by atoms with E-state index < -0.39 is 17.6 Å². The monoisotopic (exact) mass is 585 g/mol. The van der Waals surface area contributed by atoms with E-state index in [0.29, 0.717) is 39.6 Å². The first-order valence-corrected chi connectivity index (χ1v) is 13.5. The van der Waals surface area contributed by atoms with Crippen LogP contribution in [0.3, 0.4) is 0 Å². The smallest absolute Gasteiger partial charge is 0.416 e. The van der Waals surface area contributed by atoms with Crippen LogP contribution in [0.1, 0.15) is 34.6 Å². The van der Waals surface area contributed by atoms with E-state index in [2.05, 4.69) is 20.6 Å². The summed E-state index contributed by atoms with van der Waals surface area (Å²) >= 11 is 0. The summed E-state index contributed by atoms with van der Waals surface area (Å²) in [5, 5.41) is 6.72. The molecule has 2 heterocycles. The third-order valence-corrected chi connectivity index (χ3v) is 7.30. The lowest BCUT2D eigenvalue weighted by molar-refractivity contribution is -0.137. The Morgan fingerprint density at radius 3 is 2.47 bits per heavy atom. The molecule has 43 heavy (non-hydrogen) atoms. The number of benzene rings is 3. The van der Waals surface area contributed by atoms with Crippen molar-refractivity contribution < 1.29 is 27.5 Å². The predicted octanol–water partition coefficient (Wildman–Crippen LogP) is 7.36. The minimum atomic E-state index is -4.61. The second-order valence-electron chi connectivity index (χ2n) is 10.4. The third-order valence-electron chi connectivity index (χ3n) is 7.30. The zero-order valence-corrected chi connectivity index (χ0v) is 23.2. The Kier molecular flexibility index (Phi) is 7.09. The number of alkyl halides is 3. The summed E-state index contributed by atoms with van der Waals surface area (Å²) in [7, 11) is 1.71. The van der Waals surface area contributed by atoms with Gasteiger partial charge in [-0.2, -0.15) is 13.2 Å². The molecule has 0 unspecified atom stereocenters. The largest absolute Gasteiger partial charge is 0.457 e. The maximum absolute atomic E-state index is 13.8. The van der Waals surface area contributed by atoms with Crippen LogP contribution in [0.25, 0.3) is 22.0 Å². The highest BCUT2D eigenvalue weighted by Crippen LogP contribution is 2.36. The van der Waals surface area contributed by atoms with Crippen LogP contribution < -0.4 is 15.4 Å². The Morgan fingerprint density at radius 2 is 1.74 bits per heavy atom. The molecule has 1 aliphatic rings. The number of halogens is 3. The summed E-state index contributed by atoms with van der Waals surface area (Å²) < 4.78 is 49.0. The highest BCUT2D eigenvalue weighted by atomic mass is 19.4. The van der Waals surface area contributed by atoms with E-state index >= 15 is 0 Å². The maximum atomic E-state index is 13.8. The number of imidazole rings is 1. The van der Waals surface area contributed by atoms with Gasteiger partial charge >= 0.3 is 6.18 Å². The van der Waals surface area contributed by atoms with Crippen LogP contribution in [0.2, 0.25) is 0 Å². The molecule has 0 aliphatic heterocycles. The van der Waals surface area contributed by atoms with Gasteiger partial charge in [0.2, 0.25) is 5.91 Å². The molecule has 0 saturated heterocycles. The summed E-state index contributed by atoms with van der Waals surface area (Å²) in [4.78, 5) is 33.8. The molecule has 2 N–H and O–H groups in total. The van der Waals surface area contributed by atoms with E-state index in [1.165, 1.54) is 18.5 Å². The van der Waals surface area contributed by atoms with Gasteiger partial charge in [-0.25, -0.2) is 9.97 Å². The van der Waals surface area contributed by atoms with E-state index in [1.54, 1.807) is 67.1 Å². The molecule has 2 aromatic heterocycles. The average Bonchev–Trinajstić information content (AvgIpc) is 3.77. The molecule has 11 heteroatoms. The number of carbonyl (C=O) groups is 2. The average molecular weight is 586 g/mol. The molecular formula is C32H26F3N5O3. The van der Waals surface area contributed by atoms with Crippen LogP contribution in [0, 0.1) is 12.8 Å². The summed E-state index contributed by atoms with van der Waals surface area (Å²) in [6, 6.07) is 17.0. The predicted molar refractivity (Wildman–Crippen MR) is 156 cm³/mol. The number of fused-ring (bicyclic) bond motifs is 1. The highest BCUT2D eigenvalue weighted by Gasteiger charge is 2.32. The number of ether oxygens (including phenoxy) is 1. The molecule has 0 radical (unpaired) electrons. The van der Waals surface area contributed by atoms with Crippen molar-refractivity contribution in [1.29, 1.82) is 0 Å². The van der Waals surface area contributed by atoms with Gasteiger partial charge in [0.15, 0.2) is 0 Å². The molecule has 8 nitrogen and oxygen atoms in total. The second kappa shape index (κ2) is 10.9. The Morgan fingerprint density at radius 1 is 0.953 bits per heavy atom. The summed E-state index contributed by atoms with van der Waals surface area (Å²) in [5.41, 5.74) is 0.175. The van der Waals surface area contributed by atoms with Crippen LogP contribution in [0.15, 0.2) is 79.1 Å². The summed E-state index contributed by atoms with van der Waals surface area (Å²) in [5.74, 6) is 1.42. The molecule has 1 fully saturated rings. The van der Waals surface area contributed by atoms with Crippen LogP contribution in [-0.4, -0.2) is 26.3 Å². The molecule has 218 valence electrons. The van der Waals surface area contributed by atoms with E-state index in [1.807, 2.05) is 0 Å². The van der Waals surface area contributed by atoms with Crippen molar-refractivity contribution >= 4 is 34.1 Å². The Hall–Kier alpha value is -5.19. The fourth-order valence-corrected chi connectivity index (χ4v) is 4.76. The van der Waals surface area contributed by atoms with Gasteiger partial charge in [-0.1, -0.05) is 12.1 Å². The molecule has 0 bridgehead atoms. The van der Waals surface area contributed by atoms with Gasteiger partial charge in [0.05, 0.1) is 17.5 Å². The molecule has 3 aromatic carbocycles. The van der Waals surface area contributed by atoms with Gasteiger partial charge in [0.1, 0.15) is 23.1 Å². The molecule has 0 spiro atoms. The van der Waals surface area contributed by atoms with Crippen molar-refractivity contribution in [1.82, 2.24) is 14.5 Å². The zero-order valence-electron chi connectivity index (χ0n) is 23.2. The second-order valence-corrected chi connectivity index (χ2v) is 10.4. The zero-order chi connectivity index (χ0) is 30.3. The van der Waals surface area contributed by atoms with E-state index in [-0.39, 0.29) is 28.6 Å². The van der Waals surface area contributed by atoms with Crippen molar-refractivity contribution in [3.63, 3.8) is 0 Å². The fourth-order valence-electron chi connectivity index (χ4n) is 4.76. The van der Waals surface area contributed by atoms with Gasteiger partial charge < -0.3 is 19.9 Å². The van der Waals surface area contributed by atoms with Crippen molar-refractivity contribution in [3.8, 4) is 22.8 Å². The number of rotatable bonds is 7. The first-order valence-electron chi connectivity index (χ1n) is 13.5. The van der Waals surface area contributed by atoms with Crippen molar-refractivity contribution in [2.24, 2.45) is 13.0 Å². The lowest BCUT2D eigenvalue weighted by Gasteiger charge is -2.15. The number of hydrogen-bond donors (Lipinski definition) is 2. The highest BCUT2D eigenvalue weighted by molar-refractivity contribution is 6.13. The number of anilines is 2. The standard InChI is InChI=1S/C32H26F3N5O3/c1-18-37-17-28(40(18)2)21-12-22(32(33,34)35)15-23(13-21)38-31(42)27-5-3-4-20-14-24(8-9-26(20)27)43-25-10-11-36-29(16-25)39-30(41)19-6-7-19/h3-5,8-17,19H,6-7H2,1-2H3,(H,38,42)(H,36,39,41). The quantitative estimate of drug-likeness (QED) is 0.208. The van der Waals surface area contributed by atoms with Crippen LogP contribution >= 0.6 is 0 Å². The maximum Gasteiger partial charge on any atom is 0.416 e. The first kappa shape index (κ1) is 28.0. The lowest BCUT2D eigenvalue weighted by Crippen LogP contribution is -2.14. The first-order chi connectivity index (χ1) is 20.5. The molecular weight excluding hydrogens is 559 g/mol. The number of hydrogen-bond acceptors (Lipinski definition) is 5. The van der Waals surface area contributed by atoms with Gasteiger partial charge in [-0.15, -0.1) is 0 Å². The van der Waals surface area contributed by atoms with Crippen LogP contribution in [-0.2, 0) is 18.0 Å². The van der Waals surface area contributed by atoms with Crippen LogP contribution in [0.4, 0.5) is 24.7 Å². The Bertz CT molecular complexity index is 1880. The van der Waals surface area contributed by atoms with Gasteiger partial charge in [0.25, 0.3) is 5.91 Å². The SMILES string of the molecule is Cc1ncc(-c2cc(NC(=O)c3cccc4cc(Oc5ccnc(NC(=O)C6CC6)c5)ccc34)cc(C(F)(F)F)c2)n1C. The molecule has 1 aliphatic carbocycles. The number of aryl methyl sites for hydroxylation is 1. The van der Waals surface area contributed by atoms with Crippen molar-refractivity contribution in [2.75, 3.05) is 10.6 Å². The minimum absolute atomic E-state index is 0.00732. The van der Waals surface area contributed by atoms with E-state index in [9.17, 15) is 22.8 Å². The van der Waals surface area contributed by atoms with Crippen molar-refractivity contribution in [2.45, 2.75) is 25.9 Å². The molecule has 0 atom stereocenters. The summed E-state index contributed by atoms with van der Waals surface area (Å²) in [6.45, 7) is 1.75. The van der Waals surface area contributed by atoms with E-state index in [0.717, 1.165) is 25.0 Å². The van der Waals surface area contributed by atoms with Crippen LogP contribution in [0.5, 0.6) is 11.5 Å². The third kappa shape index (κ3) is 6.06. The topological polar surface area (TPSA) is 98.1 Å². The van der Waals surface area contributed by atoms with Gasteiger partial charge in [-0.3, -0.25) is 9.59 Å². The van der Waals surface area contributed by atoms with Gasteiger partial charge in [-0.05, 0) is 79.1 Å². The fraction of sp³-hybridized carbons (Fsp3) is 0.188. The molecule has 1 saturated carbocycles. The number of aromatic nitrogens is 3. The number of nitrogens with one attached hydrogen (secondary N) is 2. The normalized spacial score (nSPS) is 13.1. The molecule has 6 rings (SSSR count). The Balaban J connectivity index is 1.25. The van der Waals surface area contributed by atoms with Crippen molar-refractivity contribution in [3.05, 3.63) is 96.1 Å². The number of carbonyl (C=O) groups excluding carboxylic acids is 2. The number of amides is 2. The summed E-state index contributed by atoms with van der Waals surface area (Å²) in [6.07, 6.45) is 0.182. The molecule has 5 aromatic rings. The lowest BCUT2D eigenvalue weighted by atomic mass is 10.0. The number of pyridine rings is 1. The van der Waals surface area contributed by atoms with E-state index in [4.69, 9.17) is 4.74 Å². The minimum Gasteiger partial charge on any atom is -0.457 e. The molecule has 2 amide bonds. The number of nitrogens with zero attached hydrogens (tertiary/aromatic N) is 3.